The summed E-state index contributed by atoms with van der Waals surface area (Å²) in [6.45, 7) is 7.42. The largest absolute Gasteiger partial charge is 0.513 e. The van der Waals surface area contributed by atoms with Crippen LogP contribution in [0.2, 0.25) is 10.0 Å². The van der Waals surface area contributed by atoms with Gasteiger partial charge in [0.1, 0.15) is 11.9 Å². The lowest BCUT2D eigenvalue weighted by Gasteiger charge is -2.30. The molecule has 36 heavy (non-hydrogen) atoms. The van der Waals surface area contributed by atoms with Crippen molar-refractivity contribution < 1.29 is 18.8 Å². The summed E-state index contributed by atoms with van der Waals surface area (Å²) in [5, 5.41) is 8.17. The molecule has 4 rings (SSSR count). The third-order valence-corrected chi connectivity index (χ3v) is 6.79. The molecule has 1 aliphatic rings. The van der Waals surface area contributed by atoms with Gasteiger partial charge in [-0.05, 0) is 44.4 Å². The first-order valence-corrected chi connectivity index (χ1v) is 12.4. The molecule has 2 unspecified atom stereocenters. The number of carbonyl (C=O) groups excluding carboxylic acids is 1. The number of rotatable bonds is 7. The van der Waals surface area contributed by atoms with Crippen LogP contribution in [0.4, 0.5) is 4.79 Å². The fourth-order valence-corrected chi connectivity index (χ4v) is 4.43. The van der Waals surface area contributed by atoms with Crippen LogP contribution in [0.25, 0.3) is 5.57 Å². The Labute approximate surface area is 220 Å². The first-order chi connectivity index (χ1) is 17.3. The van der Waals surface area contributed by atoms with Gasteiger partial charge in [0.25, 0.3) is 5.89 Å². The standard InChI is InChI=1S/C27H27Cl2N3O4/c1-5-15(2)34-27(33)35-25-17(4)30-16(3)22(23(25)19-12-9-13-20(28)24(19)29)26-31-21(32-36-26)14-18-10-7-6-8-11-18/h6-13,15,23,30H,5,14H2,1-4H3. The van der Waals surface area contributed by atoms with E-state index in [-0.39, 0.29) is 12.0 Å². The van der Waals surface area contributed by atoms with E-state index in [0.29, 0.717) is 51.3 Å². The second-order valence-electron chi connectivity index (χ2n) is 8.60. The first kappa shape index (κ1) is 25.8. The van der Waals surface area contributed by atoms with Crippen LogP contribution in [0.5, 0.6) is 0 Å². The predicted octanol–water partition coefficient (Wildman–Crippen LogP) is 7.27. The average Bonchev–Trinajstić information content (AvgIpc) is 3.30. The van der Waals surface area contributed by atoms with Gasteiger partial charge in [-0.1, -0.05) is 77.7 Å². The molecule has 3 aromatic rings. The van der Waals surface area contributed by atoms with E-state index in [4.69, 9.17) is 37.2 Å². The number of hydrogen-bond acceptors (Lipinski definition) is 7. The minimum Gasteiger partial charge on any atom is -0.431 e. The van der Waals surface area contributed by atoms with Crippen molar-refractivity contribution in [1.82, 2.24) is 15.5 Å². The third kappa shape index (κ3) is 5.58. The normalized spacial score (nSPS) is 16.6. The number of ether oxygens (including phenoxy) is 2. The quantitative estimate of drug-likeness (QED) is 0.323. The van der Waals surface area contributed by atoms with Gasteiger partial charge in [-0.3, -0.25) is 0 Å². The summed E-state index contributed by atoms with van der Waals surface area (Å²) >= 11 is 13.0. The van der Waals surface area contributed by atoms with E-state index in [0.717, 1.165) is 11.3 Å². The zero-order chi connectivity index (χ0) is 25.8. The summed E-state index contributed by atoms with van der Waals surface area (Å²) < 4.78 is 16.9. The number of carbonyl (C=O) groups is 1. The summed E-state index contributed by atoms with van der Waals surface area (Å²) in [6.07, 6.45) is 0.0616. The molecule has 0 radical (unpaired) electrons. The molecule has 2 aromatic carbocycles. The Balaban J connectivity index is 1.76. The molecule has 7 nitrogen and oxygen atoms in total. The fourth-order valence-electron chi connectivity index (χ4n) is 4.01. The Hall–Kier alpha value is -3.29. The minimum atomic E-state index is -0.808. The zero-order valence-electron chi connectivity index (χ0n) is 20.5. The third-order valence-electron chi connectivity index (χ3n) is 5.96. The lowest BCUT2D eigenvalue weighted by atomic mass is 9.85. The monoisotopic (exact) mass is 527 g/mol. The van der Waals surface area contributed by atoms with E-state index >= 15 is 0 Å². The lowest BCUT2D eigenvalue weighted by molar-refractivity contribution is 0.0431. The number of halogens is 2. The lowest BCUT2D eigenvalue weighted by Crippen LogP contribution is -2.27. The van der Waals surface area contributed by atoms with Gasteiger partial charge in [-0.25, -0.2) is 4.79 Å². The van der Waals surface area contributed by atoms with Gasteiger partial charge >= 0.3 is 6.16 Å². The summed E-state index contributed by atoms with van der Waals surface area (Å²) in [5.74, 6) is 0.482. The van der Waals surface area contributed by atoms with Crippen LogP contribution >= 0.6 is 23.2 Å². The molecule has 1 N–H and O–H groups in total. The SMILES string of the molecule is CCC(C)OC(=O)OC1=C(C)NC(C)=C(c2nc(Cc3ccccc3)no2)C1c1cccc(Cl)c1Cl. The highest BCUT2D eigenvalue weighted by Gasteiger charge is 2.37. The molecule has 0 amide bonds. The summed E-state index contributed by atoms with van der Waals surface area (Å²) in [7, 11) is 0. The van der Waals surface area contributed by atoms with Gasteiger partial charge in [-0.2, -0.15) is 4.98 Å². The Kier molecular flexibility index (Phi) is 8.01. The highest BCUT2D eigenvalue weighted by Crippen LogP contribution is 2.46. The van der Waals surface area contributed by atoms with Crippen LogP contribution in [0, 0.1) is 0 Å². The summed E-state index contributed by atoms with van der Waals surface area (Å²) in [6, 6.07) is 15.2. The molecule has 1 aromatic heterocycles. The maximum absolute atomic E-state index is 12.7. The van der Waals surface area contributed by atoms with Crippen LogP contribution in [0.3, 0.4) is 0 Å². The van der Waals surface area contributed by atoms with Crippen molar-refractivity contribution in [3.05, 3.63) is 98.6 Å². The Morgan fingerprint density at radius 1 is 1.11 bits per heavy atom. The van der Waals surface area contributed by atoms with Gasteiger partial charge in [0.05, 0.1) is 27.2 Å². The number of nitrogens with zero attached hydrogens (tertiary/aromatic N) is 2. The van der Waals surface area contributed by atoms with Crippen molar-refractivity contribution in [2.45, 2.75) is 52.6 Å². The number of dihydropyridines is 1. The Bertz CT molecular complexity index is 1320. The summed E-state index contributed by atoms with van der Waals surface area (Å²) in [5.41, 5.74) is 3.70. The van der Waals surface area contributed by atoms with Crippen molar-refractivity contribution in [3.8, 4) is 0 Å². The fraction of sp³-hybridized carbons (Fsp3) is 0.296. The molecular formula is C27H27Cl2N3O4. The Morgan fingerprint density at radius 2 is 1.86 bits per heavy atom. The van der Waals surface area contributed by atoms with E-state index < -0.39 is 12.1 Å². The molecule has 0 aliphatic carbocycles. The number of allylic oxidation sites excluding steroid dienone is 3. The Morgan fingerprint density at radius 3 is 2.58 bits per heavy atom. The van der Waals surface area contributed by atoms with Gasteiger partial charge in [0.2, 0.25) is 0 Å². The second-order valence-corrected chi connectivity index (χ2v) is 9.38. The van der Waals surface area contributed by atoms with Crippen LogP contribution in [0.1, 0.15) is 62.9 Å². The van der Waals surface area contributed by atoms with E-state index in [9.17, 15) is 4.79 Å². The molecule has 0 saturated carbocycles. The van der Waals surface area contributed by atoms with Gasteiger partial charge in [-0.15, -0.1) is 0 Å². The maximum atomic E-state index is 12.7. The van der Waals surface area contributed by atoms with Crippen LogP contribution in [0.15, 0.2) is 70.2 Å². The van der Waals surface area contributed by atoms with E-state index in [1.807, 2.05) is 57.2 Å². The topological polar surface area (TPSA) is 86.5 Å². The van der Waals surface area contributed by atoms with E-state index in [1.165, 1.54) is 0 Å². The molecule has 9 heteroatoms. The highest BCUT2D eigenvalue weighted by molar-refractivity contribution is 6.42. The van der Waals surface area contributed by atoms with E-state index in [1.54, 1.807) is 19.1 Å². The molecule has 2 atom stereocenters. The van der Waals surface area contributed by atoms with Gasteiger partial charge in [0.15, 0.2) is 5.82 Å². The van der Waals surface area contributed by atoms with Crippen molar-refractivity contribution in [3.63, 3.8) is 0 Å². The molecule has 0 saturated heterocycles. The van der Waals surface area contributed by atoms with E-state index in [2.05, 4.69) is 15.5 Å². The van der Waals surface area contributed by atoms with Crippen molar-refractivity contribution in [1.29, 1.82) is 0 Å². The maximum Gasteiger partial charge on any atom is 0.513 e. The van der Waals surface area contributed by atoms with Crippen LogP contribution < -0.4 is 5.32 Å². The zero-order valence-corrected chi connectivity index (χ0v) is 22.0. The van der Waals surface area contributed by atoms with Crippen molar-refractivity contribution >= 4 is 34.9 Å². The highest BCUT2D eigenvalue weighted by atomic mass is 35.5. The molecule has 1 aliphatic heterocycles. The first-order valence-electron chi connectivity index (χ1n) is 11.7. The number of nitrogens with one attached hydrogen (secondary N) is 1. The molecular weight excluding hydrogens is 501 g/mol. The van der Waals surface area contributed by atoms with Gasteiger partial charge < -0.3 is 19.3 Å². The second kappa shape index (κ2) is 11.2. The molecule has 0 fully saturated rings. The minimum absolute atomic E-state index is 0.288. The molecule has 0 bridgehead atoms. The summed E-state index contributed by atoms with van der Waals surface area (Å²) in [4.78, 5) is 17.3. The molecule has 0 spiro atoms. The average molecular weight is 528 g/mol. The number of hydrogen-bond donors (Lipinski definition) is 1. The number of aromatic nitrogens is 2. The predicted molar refractivity (Wildman–Crippen MR) is 138 cm³/mol. The van der Waals surface area contributed by atoms with Crippen LogP contribution in [-0.4, -0.2) is 22.4 Å². The smallest absolute Gasteiger partial charge is 0.431 e. The van der Waals surface area contributed by atoms with Crippen molar-refractivity contribution in [2.75, 3.05) is 0 Å². The van der Waals surface area contributed by atoms with Crippen molar-refractivity contribution in [2.24, 2.45) is 0 Å². The van der Waals surface area contributed by atoms with Gasteiger partial charge in [0, 0.05) is 12.1 Å². The molecule has 2 heterocycles. The molecule has 188 valence electrons. The van der Waals surface area contributed by atoms with Crippen LogP contribution in [-0.2, 0) is 15.9 Å². The number of benzene rings is 2.